The van der Waals surface area contributed by atoms with E-state index in [0.717, 1.165) is 22.6 Å². The molecule has 0 amide bonds. The second-order valence-corrected chi connectivity index (χ2v) is 3.63. The zero-order valence-electron chi connectivity index (χ0n) is 9.56. The van der Waals surface area contributed by atoms with Crippen molar-refractivity contribution in [3.05, 3.63) is 54.1 Å². The van der Waals surface area contributed by atoms with E-state index in [1.807, 2.05) is 36.4 Å². The predicted molar refractivity (Wildman–Crippen MR) is 68.9 cm³/mol. The maximum atomic E-state index is 5.60. The van der Waals surface area contributed by atoms with E-state index in [1.54, 1.807) is 6.08 Å². The normalized spacial score (nSPS) is 14.3. The third-order valence-corrected chi connectivity index (χ3v) is 2.45. The van der Waals surface area contributed by atoms with Gasteiger partial charge in [-0.1, -0.05) is 36.9 Å². The van der Waals surface area contributed by atoms with Gasteiger partial charge in [0, 0.05) is 6.54 Å². The van der Waals surface area contributed by atoms with Crippen molar-refractivity contribution in [3.63, 3.8) is 0 Å². The third kappa shape index (κ3) is 2.77. The summed E-state index contributed by atoms with van der Waals surface area (Å²) < 4.78 is 10.6. The van der Waals surface area contributed by atoms with E-state index >= 15 is 0 Å². The zero-order valence-corrected chi connectivity index (χ0v) is 9.56. The first-order valence-electron chi connectivity index (χ1n) is 5.43. The van der Waals surface area contributed by atoms with Crippen molar-refractivity contribution in [3.8, 4) is 11.5 Å². The minimum absolute atomic E-state index is 0.299. The van der Waals surface area contributed by atoms with Gasteiger partial charge in [0.05, 0.1) is 0 Å². The Bertz CT molecular complexity index is 475. The molecule has 3 heteroatoms. The first-order chi connectivity index (χ1) is 8.33. The van der Waals surface area contributed by atoms with Crippen LogP contribution in [0.2, 0.25) is 0 Å². The molecule has 0 unspecified atom stereocenters. The Hall–Kier alpha value is -2.00. The van der Waals surface area contributed by atoms with Crippen LogP contribution >= 0.6 is 0 Å². The maximum Gasteiger partial charge on any atom is 0.231 e. The Labute approximate surface area is 101 Å². The van der Waals surface area contributed by atoms with E-state index in [-0.39, 0.29) is 0 Å². The van der Waals surface area contributed by atoms with Gasteiger partial charge in [-0.15, -0.1) is 0 Å². The minimum atomic E-state index is 0.299. The van der Waals surface area contributed by atoms with Crippen molar-refractivity contribution in [2.24, 2.45) is 5.73 Å². The Morgan fingerprint density at radius 2 is 2.18 bits per heavy atom. The van der Waals surface area contributed by atoms with Crippen LogP contribution in [-0.2, 0) is 0 Å². The Balaban J connectivity index is 2.16. The second-order valence-electron chi connectivity index (χ2n) is 3.63. The van der Waals surface area contributed by atoms with Gasteiger partial charge in [-0.25, -0.2) is 0 Å². The van der Waals surface area contributed by atoms with Crippen LogP contribution < -0.4 is 15.2 Å². The summed E-state index contributed by atoms with van der Waals surface area (Å²) in [6.45, 7) is 4.44. The summed E-state index contributed by atoms with van der Waals surface area (Å²) in [6, 6.07) is 5.83. The minimum Gasteiger partial charge on any atom is -0.454 e. The topological polar surface area (TPSA) is 44.5 Å². The summed E-state index contributed by atoms with van der Waals surface area (Å²) in [5.41, 5.74) is 7.68. The van der Waals surface area contributed by atoms with Crippen LogP contribution in [0, 0.1) is 0 Å². The lowest BCUT2D eigenvalue weighted by molar-refractivity contribution is 0.174. The molecule has 17 heavy (non-hydrogen) atoms. The van der Waals surface area contributed by atoms with Gasteiger partial charge in [-0.2, -0.15) is 0 Å². The molecule has 0 atom stereocenters. The van der Waals surface area contributed by atoms with Crippen LogP contribution in [0.4, 0.5) is 0 Å². The number of nitrogens with two attached hydrogens (primary N) is 1. The standard InChI is InChI=1S/C14H15NO2/c1-2-3-12(9-15)5-4-11-6-7-13-14(8-11)17-10-16-13/h2-8H,1,9-10,15H2/b5-4+,12-3-. The molecule has 0 aliphatic carbocycles. The van der Waals surface area contributed by atoms with E-state index in [9.17, 15) is 0 Å². The molecule has 1 aliphatic rings. The van der Waals surface area contributed by atoms with Crippen molar-refractivity contribution in [2.75, 3.05) is 13.3 Å². The SMILES string of the molecule is C=C/C=C(/C=C/c1ccc2c(c1)OCO2)CN. The summed E-state index contributed by atoms with van der Waals surface area (Å²) >= 11 is 0. The van der Waals surface area contributed by atoms with E-state index in [1.165, 1.54) is 0 Å². The molecule has 0 saturated carbocycles. The number of hydrogen-bond acceptors (Lipinski definition) is 3. The van der Waals surface area contributed by atoms with Crippen molar-refractivity contribution in [1.82, 2.24) is 0 Å². The number of allylic oxidation sites excluding steroid dienone is 2. The van der Waals surface area contributed by atoms with Crippen molar-refractivity contribution in [1.29, 1.82) is 0 Å². The van der Waals surface area contributed by atoms with E-state index < -0.39 is 0 Å². The van der Waals surface area contributed by atoms with Crippen molar-refractivity contribution in [2.45, 2.75) is 0 Å². The first kappa shape index (κ1) is 11.5. The molecular formula is C14H15NO2. The highest BCUT2D eigenvalue weighted by molar-refractivity contribution is 5.58. The fourth-order valence-electron chi connectivity index (χ4n) is 1.56. The van der Waals surface area contributed by atoms with Gasteiger partial charge in [-0.3, -0.25) is 0 Å². The van der Waals surface area contributed by atoms with Crippen molar-refractivity contribution >= 4 is 6.08 Å². The molecule has 2 rings (SSSR count). The number of hydrogen-bond donors (Lipinski definition) is 1. The molecule has 0 aromatic heterocycles. The molecule has 0 fully saturated rings. The molecule has 0 bridgehead atoms. The second kappa shape index (κ2) is 5.37. The summed E-state index contributed by atoms with van der Waals surface area (Å²) in [6.07, 6.45) is 7.58. The van der Waals surface area contributed by atoms with Gasteiger partial charge in [-0.05, 0) is 23.3 Å². The van der Waals surface area contributed by atoms with Gasteiger partial charge < -0.3 is 15.2 Å². The van der Waals surface area contributed by atoms with Gasteiger partial charge >= 0.3 is 0 Å². The van der Waals surface area contributed by atoms with Gasteiger partial charge in [0.1, 0.15) is 0 Å². The fourth-order valence-corrected chi connectivity index (χ4v) is 1.56. The molecule has 1 heterocycles. The lowest BCUT2D eigenvalue weighted by atomic mass is 10.1. The molecule has 88 valence electrons. The van der Waals surface area contributed by atoms with E-state index in [0.29, 0.717) is 13.3 Å². The highest BCUT2D eigenvalue weighted by Crippen LogP contribution is 2.32. The zero-order chi connectivity index (χ0) is 12.1. The number of rotatable bonds is 4. The molecule has 1 aliphatic heterocycles. The van der Waals surface area contributed by atoms with Gasteiger partial charge in [0.15, 0.2) is 11.5 Å². The lowest BCUT2D eigenvalue weighted by Gasteiger charge is -1.98. The molecule has 0 radical (unpaired) electrons. The summed E-state index contributed by atoms with van der Waals surface area (Å²) in [4.78, 5) is 0. The third-order valence-electron chi connectivity index (χ3n) is 2.45. The monoisotopic (exact) mass is 229 g/mol. The van der Waals surface area contributed by atoms with Gasteiger partial charge in [0.25, 0.3) is 0 Å². The van der Waals surface area contributed by atoms with E-state index in [4.69, 9.17) is 15.2 Å². The molecular weight excluding hydrogens is 214 g/mol. The molecule has 0 spiro atoms. The predicted octanol–water partition coefficient (Wildman–Crippen LogP) is 2.50. The average molecular weight is 229 g/mol. The van der Waals surface area contributed by atoms with Gasteiger partial charge in [0.2, 0.25) is 6.79 Å². The molecule has 1 aromatic rings. The number of fused-ring (bicyclic) bond motifs is 1. The highest BCUT2D eigenvalue weighted by atomic mass is 16.7. The van der Waals surface area contributed by atoms with Crippen LogP contribution in [-0.4, -0.2) is 13.3 Å². The molecule has 0 saturated heterocycles. The number of ether oxygens (including phenoxy) is 2. The molecule has 3 nitrogen and oxygen atoms in total. The maximum absolute atomic E-state index is 5.60. The van der Waals surface area contributed by atoms with Crippen LogP contribution in [0.3, 0.4) is 0 Å². The van der Waals surface area contributed by atoms with Crippen LogP contribution in [0.15, 0.2) is 48.6 Å². The highest BCUT2D eigenvalue weighted by Gasteiger charge is 2.11. The van der Waals surface area contributed by atoms with Crippen LogP contribution in [0.25, 0.3) is 6.08 Å². The van der Waals surface area contributed by atoms with E-state index in [2.05, 4.69) is 6.58 Å². The van der Waals surface area contributed by atoms with Crippen molar-refractivity contribution < 1.29 is 9.47 Å². The smallest absolute Gasteiger partial charge is 0.231 e. The number of benzene rings is 1. The molecule has 1 aromatic carbocycles. The van der Waals surface area contributed by atoms with Crippen LogP contribution in [0.5, 0.6) is 11.5 Å². The Morgan fingerprint density at radius 1 is 1.35 bits per heavy atom. The largest absolute Gasteiger partial charge is 0.454 e. The van der Waals surface area contributed by atoms with Crippen LogP contribution in [0.1, 0.15) is 5.56 Å². The summed E-state index contributed by atoms with van der Waals surface area (Å²) in [5.74, 6) is 1.58. The lowest BCUT2D eigenvalue weighted by Crippen LogP contribution is -2.00. The fraction of sp³-hybridized carbons (Fsp3) is 0.143. The summed E-state index contributed by atoms with van der Waals surface area (Å²) in [7, 11) is 0. The summed E-state index contributed by atoms with van der Waals surface area (Å²) in [5, 5.41) is 0. The molecule has 2 N–H and O–H groups in total. The quantitative estimate of drug-likeness (QED) is 0.807. The Kier molecular flexibility index (Phi) is 3.62. The Morgan fingerprint density at radius 3 is 2.94 bits per heavy atom. The average Bonchev–Trinajstić information content (AvgIpc) is 2.81. The first-order valence-corrected chi connectivity index (χ1v) is 5.43.